The molecular weight excluding hydrogens is 346 g/mol. The van der Waals surface area contributed by atoms with Crippen molar-refractivity contribution in [2.24, 2.45) is 5.73 Å². The summed E-state index contributed by atoms with van der Waals surface area (Å²) in [5.74, 6) is -0.745. The quantitative estimate of drug-likeness (QED) is 0.350. The summed E-state index contributed by atoms with van der Waals surface area (Å²) >= 11 is 0. The van der Waals surface area contributed by atoms with E-state index in [2.05, 4.69) is 12.0 Å². The van der Waals surface area contributed by atoms with Crippen LogP contribution in [-0.4, -0.2) is 20.6 Å². The normalized spacial score (nSPS) is 10.9. The molecule has 1 heterocycles. The van der Waals surface area contributed by atoms with Crippen LogP contribution in [0.5, 0.6) is 0 Å². The van der Waals surface area contributed by atoms with Crippen molar-refractivity contribution in [3.8, 4) is 11.3 Å². The molecule has 0 saturated heterocycles. The summed E-state index contributed by atoms with van der Waals surface area (Å²) < 4.78 is 1.57. The van der Waals surface area contributed by atoms with Gasteiger partial charge in [0.1, 0.15) is 5.56 Å². The minimum Gasteiger partial charge on any atom is -0.382 e. The molecule has 0 fully saturated rings. The number of hydrogen-bond donors (Lipinski definition) is 2. The number of benzene rings is 1. The standard InChI is InChI=1S/C19H27N5O3/c1-2-3-4-5-6-7-10-13-23-17(16(19(21)25)18(20)22-23)14-11-8-9-12-15(14)24(26)27/h8-9,11-12H,2-7,10,13H2,1H3,(H2,20,22)(H2,21,25). The van der Waals surface area contributed by atoms with Crippen LogP contribution in [0.4, 0.5) is 11.5 Å². The van der Waals surface area contributed by atoms with Gasteiger partial charge < -0.3 is 11.5 Å². The van der Waals surface area contributed by atoms with Gasteiger partial charge in [0.2, 0.25) is 0 Å². The number of rotatable bonds is 11. The average Bonchev–Trinajstić information content (AvgIpc) is 2.97. The number of primary amides is 1. The predicted molar refractivity (Wildman–Crippen MR) is 105 cm³/mol. The first-order chi connectivity index (χ1) is 13.0. The van der Waals surface area contributed by atoms with Crippen molar-refractivity contribution in [1.82, 2.24) is 9.78 Å². The molecule has 2 aromatic rings. The molecule has 4 N–H and O–H groups in total. The first kappa shape index (κ1) is 20.4. The summed E-state index contributed by atoms with van der Waals surface area (Å²) in [7, 11) is 0. The van der Waals surface area contributed by atoms with Crippen LogP contribution in [0.3, 0.4) is 0 Å². The number of carbonyl (C=O) groups is 1. The van der Waals surface area contributed by atoms with Gasteiger partial charge in [-0.2, -0.15) is 5.10 Å². The highest BCUT2D eigenvalue weighted by Crippen LogP contribution is 2.34. The van der Waals surface area contributed by atoms with E-state index in [4.69, 9.17) is 11.5 Å². The van der Waals surface area contributed by atoms with Crippen LogP contribution in [0.2, 0.25) is 0 Å². The Balaban J connectivity index is 2.26. The zero-order valence-corrected chi connectivity index (χ0v) is 15.7. The molecule has 0 bridgehead atoms. The van der Waals surface area contributed by atoms with E-state index < -0.39 is 10.8 Å². The lowest BCUT2D eigenvalue weighted by atomic mass is 10.0. The fourth-order valence-electron chi connectivity index (χ4n) is 3.21. The summed E-state index contributed by atoms with van der Waals surface area (Å²) in [6.45, 7) is 2.70. The van der Waals surface area contributed by atoms with Crippen molar-refractivity contribution in [1.29, 1.82) is 0 Å². The number of aryl methyl sites for hydroxylation is 1. The van der Waals surface area contributed by atoms with Gasteiger partial charge in [0.15, 0.2) is 5.82 Å². The predicted octanol–water partition coefficient (Wildman–Crippen LogP) is 3.89. The van der Waals surface area contributed by atoms with E-state index in [1.165, 1.54) is 31.7 Å². The monoisotopic (exact) mass is 373 g/mol. The number of hydrogen-bond acceptors (Lipinski definition) is 5. The number of anilines is 1. The number of aromatic nitrogens is 2. The van der Waals surface area contributed by atoms with Crippen molar-refractivity contribution < 1.29 is 9.72 Å². The molecule has 0 aliphatic rings. The van der Waals surface area contributed by atoms with E-state index in [1.54, 1.807) is 22.9 Å². The molecule has 0 atom stereocenters. The first-order valence-corrected chi connectivity index (χ1v) is 9.37. The smallest absolute Gasteiger partial charge is 0.278 e. The second kappa shape index (κ2) is 9.70. The third kappa shape index (κ3) is 5.06. The molecule has 27 heavy (non-hydrogen) atoms. The molecule has 146 valence electrons. The van der Waals surface area contributed by atoms with Gasteiger partial charge in [0.05, 0.1) is 16.2 Å². The summed E-state index contributed by atoms with van der Waals surface area (Å²) in [4.78, 5) is 22.8. The first-order valence-electron chi connectivity index (χ1n) is 9.37. The van der Waals surface area contributed by atoms with Gasteiger partial charge in [0.25, 0.3) is 11.6 Å². The van der Waals surface area contributed by atoms with Crippen molar-refractivity contribution >= 4 is 17.4 Å². The highest BCUT2D eigenvalue weighted by molar-refractivity contribution is 6.04. The number of nitro groups is 1. The minimum atomic E-state index is -0.744. The summed E-state index contributed by atoms with van der Waals surface area (Å²) in [6, 6.07) is 6.23. The van der Waals surface area contributed by atoms with Gasteiger partial charge in [-0.25, -0.2) is 0 Å². The topological polar surface area (TPSA) is 130 Å². The number of nitro benzene ring substituents is 1. The fourth-order valence-corrected chi connectivity index (χ4v) is 3.21. The van der Waals surface area contributed by atoms with Crippen LogP contribution in [-0.2, 0) is 6.54 Å². The van der Waals surface area contributed by atoms with Gasteiger partial charge >= 0.3 is 0 Å². The fraction of sp³-hybridized carbons (Fsp3) is 0.474. The maximum absolute atomic E-state index is 11.9. The van der Waals surface area contributed by atoms with E-state index >= 15 is 0 Å². The second-order valence-electron chi connectivity index (χ2n) is 6.59. The Hall–Kier alpha value is -2.90. The van der Waals surface area contributed by atoms with Gasteiger partial charge in [-0.15, -0.1) is 0 Å². The van der Waals surface area contributed by atoms with Crippen molar-refractivity contribution in [3.05, 3.63) is 39.9 Å². The number of nitrogen functional groups attached to an aromatic ring is 1. The number of amides is 1. The van der Waals surface area contributed by atoms with Crippen LogP contribution in [0.1, 0.15) is 62.2 Å². The zero-order valence-electron chi connectivity index (χ0n) is 15.7. The van der Waals surface area contributed by atoms with Gasteiger partial charge in [-0.3, -0.25) is 19.6 Å². The Morgan fingerprint density at radius 1 is 1.15 bits per heavy atom. The van der Waals surface area contributed by atoms with Crippen molar-refractivity contribution in [2.75, 3.05) is 5.73 Å². The van der Waals surface area contributed by atoms with Crippen LogP contribution in [0, 0.1) is 10.1 Å². The van der Waals surface area contributed by atoms with Gasteiger partial charge in [0, 0.05) is 12.6 Å². The Morgan fingerprint density at radius 3 is 2.41 bits per heavy atom. The number of carbonyl (C=O) groups excluding carboxylic acids is 1. The largest absolute Gasteiger partial charge is 0.382 e. The Bertz CT molecular complexity index is 801. The highest BCUT2D eigenvalue weighted by atomic mass is 16.6. The lowest BCUT2D eigenvalue weighted by Gasteiger charge is -2.09. The molecule has 1 aromatic carbocycles. The Morgan fingerprint density at radius 2 is 1.78 bits per heavy atom. The van der Waals surface area contributed by atoms with Gasteiger partial charge in [-0.1, -0.05) is 57.6 Å². The summed E-state index contributed by atoms with van der Waals surface area (Å²) in [6.07, 6.45) is 7.88. The van der Waals surface area contributed by atoms with E-state index in [0.29, 0.717) is 17.8 Å². The third-order valence-corrected chi connectivity index (χ3v) is 4.56. The van der Waals surface area contributed by atoms with Crippen LogP contribution in [0.15, 0.2) is 24.3 Å². The van der Waals surface area contributed by atoms with Crippen LogP contribution in [0.25, 0.3) is 11.3 Å². The number of para-hydroxylation sites is 1. The number of unbranched alkanes of at least 4 members (excludes halogenated alkanes) is 6. The molecular formula is C19H27N5O3. The molecule has 8 heteroatoms. The lowest BCUT2D eigenvalue weighted by Crippen LogP contribution is -2.14. The summed E-state index contributed by atoms with van der Waals surface area (Å²) in [5.41, 5.74) is 11.9. The average molecular weight is 373 g/mol. The minimum absolute atomic E-state index is 0.00130. The van der Waals surface area contributed by atoms with E-state index in [-0.39, 0.29) is 17.1 Å². The lowest BCUT2D eigenvalue weighted by molar-refractivity contribution is -0.384. The second-order valence-corrected chi connectivity index (χ2v) is 6.59. The van der Waals surface area contributed by atoms with Crippen LogP contribution < -0.4 is 11.5 Å². The third-order valence-electron chi connectivity index (χ3n) is 4.56. The SMILES string of the molecule is CCCCCCCCCn1nc(N)c(C(N)=O)c1-c1ccccc1[N+](=O)[O-]. The molecule has 0 radical (unpaired) electrons. The highest BCUT2D eigenvalue weighted by Gasteiger charge is 2.26. The summed E-state index contributed by atoms with van der Waals surface area (Å²) in [5, 5.41) is 15.6. The molecule has 8 nitrogen and oxygen atoms in total. The van der Waals surface area contributed by atoms with E-state index in [1.807, 2.05) is 0 Å². The van der Waals surface area contributed by atoms with Crippen molar-refractivity contribution in [2.45, 2.75) is 58.4 Å². The maximum atomic E-state index is 11.9. The Kier molecular flexibility index (Phi) is 7.34. The van der Waals surface area contributed by atoms with Crippen LogP contribution >= 0.6 is 0 Å². The molecule has 1 amide bonds. The molecule has 0 spiro atoms. The Labute approximate surface area is 158 Å². The van der Waals surface area contributed by atoms with Gasteiger partial charge in [-0.05, 0) is 12.5 Å². The number of nitrogens with two attached hydrogens (primary N) is 2. The zero-order chi connectivity index (χ0) is 19.8. The molecule has 0 aliphatic heterocycles. The van der Waals surface area contributed by atoms with E-state index in [0.717, 1.165) is 19.3 Å². The van der Waals surface area contributed by atoms with E-state index in [9.17, 15) is 14.9 Å². The van der Waals surface area contributed by atoms with Crippen molar-refractivity contribution in [3.63, 3.8) is 0 Å². The molecule has 0 unspecified atom stereocenters. The molecule has 2 rings (SSSR count). The maximum Gasteiger partial charge on any atom is 0.278 e. The number of nitrogens with zero attached hydrogens (tertiary/aromatic N) is 3. The molecule has 0 saturated carbocycles. The molecule has 0 aliphatic carbocycles. The molecule has 1 aromatic heterocycles.